The molecule has 0 radical (unpaired) electrons. The zero-order valence-corrected chi connectivity index (χ0v) is 23.9. The van der Waals surface area contributed by atoms with Gasteiger partial charge in [-0.1, -0.05) is 151 Å². The Morgan fingerprint density at radius 1 is 0.396 bits per heavy atom. The molecule has 0 saturated carbocycles. The van der Waals surface area contributed by atoms with Gasteiger partial charge in [-0.2, -0.15) is 0 Å². The standard InChI is InChI=1S/C46H31NO/c1-4-13-32(14-5-1)34-23-27-37(28-24-34)47(38-29-25-35(26-30-38)33-15-6-2-7-16-33)43-31-42-45-39(36-17-8-3-9-18-36)21-12-22-44(45)48-46(42)41-20-11-10-19-40(41)43/h1-31H/i1D,2D,3D,4D,5D,6D,7D,8D,9D,10D,11D,12D,13D,14D,15D,16D,17D,18D,19D,20D,21D,22D,23D,24D,25D,26D,27D,28D,29D,30D,31D. The molecule has 9 rings (SSSR count). The van der Waals surface area contributed by atoms with Gasteiger partial charge >= 0.3 is 0 Å². The Morgan fingerprint density at radius 3 is 1.44 bits per heavy atom. The van der Waals surface area contributed by atoms with Crippen LogP contribution in [0.1, 0.15) is 42.5 Å². The lowest BCUT2D eigenvalue weighted by molar-refractivity contribution is 0.673. The van der Waals surface area contributed by atoms with Gasteiger partial charge in [0.1, 0.15) is 11.2 Å². The third-order valence-electron chi connectivity index (χ3n) is 7.06. The van der Waals surface area contributed by atoms with Gasteiger partial charge in [0, 0.05) is 32.9 Å². The van der Waals surface area contributed by atoms with Gasteiger partial charge in [0.05, 0.1) is 48.2 Å². The lowest BCUT2D eigenvalue weighted by Crippen LogP contribution is -2.10. The predicted molar refractivity (Wildman–Crippen MR) is 202 cm³/mol. The summed E-state index contributed by atoms with van der Waals surface area (Å²) in [5.74, 6) is 0. The highest BCUT2D eigenvalue weighted by Gasteiger charge is 2.21. The molecule has 0 aliphatic heterocycles. The summed E-state index contributed by atoms with van der Waals surface area (Å²) in [6, 6.07) is -32.9. The maximum absolute atomic E-state index is 10.2. The van der Waals surface area contributed by atoms with Crippen LogP contribution in [0, 0.1) is 0 Å². The van der Waals surface area contributed by atoms with E-state index in [0.717, 1.165) is 0 Å². The maximum Gasteiger partial charge on any atom is 0.143 e. The monoisotopic (exact) mass is 644 g/mol. The number of furan rings is 1. The molecular formula is C46H31NO. The van der Waals surface area contributed by atoms with Crippen molar-refractivity contribution >= 4 is 49.8 Å². The van der Waals surface area contributed by atoms with Crippen molar-refractivity contribution in [2.24, 2.45) is 0 Å². The summed E-state index contributed by atoms with van der Waals surface area (Å²) < 4.78 is 283. The number of rotatable bonds is 6. The summed E-state index contributed by atoms with van der Waals surface area (Å²) in [6.45, 7) is 0. The van der Waals surface area contributed by atoms with Gasteiger partial charge in [-0.3, -0.25) is 0 Å². The first kappa shape index (κ1) is 10.6. The van der Waals surface area contributed by atoms with Crippen molar-refractivity contribution in [3.05, 3.63) is 187 Å². The van der Waals surface area contributed by atoms with Crippen LogP contribution in [-0.2, 0) is 0 Å². The number of benzene rings is 8. The lowest BCUT2D eigenvalue weighted by Gasteiger charge is -2.27. The van der Waals surface area contributed by atoms with Crippen molar-refractivity contribution < 1.29 is 46.9 Å². The first-order valence-electron chi connectivity index (χ1n) is 29.3. The van der Waals surface area contributed by atoms with Gasteiger partial charge < -0.3 is 9.32 Å². The summed E-state index contributed by atoms with van der Waals surface area (Å²) >= 11 is 0. The van der Waals surface area contributed by atoms with E-state index in [-0.39, 0.29) is 0 Å². The van der Waals surface area contributed by atoms with Crippen LogP contribution in [0.25, 0.3) is 66.1 Å². The largest absolute Gasteiger partial charge is 0.455 e. The number of fused-ring (bicyclic) bond motifs is 5. The molecule has 226 valence electrons. The number of hydrogen-bond acceptors (Lipinski definition) is 2. The fraction of sp³-hybridized carbons (Fsp3) is 0. The normalized spacial score (nSPS) is 20.4. The summed E-state index contributed by atoms with van der Waals surface area (Å²) in [4.78, 5) is 0.356. The van der Waals surface area contributed by atoms with E-state index in [1.165, 1.54) is 0 Å². The summed E-state index contributed by atoms with van der Waals surface area (Å²) in [5, 5.41) is -3.14. The fourth-order valence-electron chi connectivity index (χ4n) is 5.01. The van der Waals surface area contributed by atoms with Gasteiger partial charge in [-0.05, 0) is 69.6 Å². The predicted octanol–water partition coefficient (Wildman–Crippen LogP) is 13.2. The first-order chi connectivity index (χ1) is 36.7. The molecule has 0 bridgehead atoms. The van der Waals surface area contributed by atoms with Crippen molar-refractivity contribution in [1.82, 2.24) is 0 Å². The molecule has 1 heterocycles. The van der Waals surface area contributed by atoms with E-state index < -0.39 is 270 Å². The topological polar surface area (TPSA) is 16.4 Å². The molecule has 1 aromatic heterocycles. The van der Waals surface area contributed by atoms with Crippen molar-refractivity contribution in [3.63, 3.8) is 0 Å². The smallest absolute Gasteiger partial charge is 0.143 e. The van der Waals surface area contributed by atoms with Crippen LogP contribution in [-0.4, -0.2) is 0 Å². The lowest BCUT2D eigenvalue weighted by atomic mass is 9.97. The summed E-state index contributed by atoms with van der Waals surface area (Å²) in [7, 11) is 0. The molecule has 8 aromatic carbocycles. The Labute approximate surface area is 323 Å². The Bertz CT molecular complexity index is 4060. The quantitative estimate of drug-likeness (QED) is 0.179. The minimum absolute atomic E-state index is 0.356. The second kappa shape index (κ2) is 11.8. The highest BCUT2D eigenvalue weighted by molar-refractivity contribution is 6.22. The molecule has 0 unspecified atom stereocenters. The van der Waals surface area contributed by atoms with Crippen LogP contribution < -0.4 is 4.90 Å². The average Bonchev–Trinajstić information content (AvgIpc) is 3.35. The molecule has 0 spiro atoms. The van der Waals surface area contributed by atoms with E-state index in [4.69, 9.17) is 30.5 Å². The number of hydrogen-bond donors (Lipinski definition) is 0. The van der Waals surface area contributed by atoms with Crippen LogP contribution in [0.15, 0.2) is 192 Å². The zero-order valence-electron chi connectivity index (χ0n) is 54.9. The van der Waals surface area contributed by atoms with Gasteiger partial charge in [-0.25, -0.2) is 0 Å². The average molecular weight is 645 g/mol. The Hall–Kier alpha value is -6.38. The molecule has 2 heteroatoms. The SMILES string of the molecule is [2H]c1c([2H])c([2H])c(-c2c([2H])c([2H])c(N(c3c([2H])c([2H])c(-c4c([2H])c([2H])c([2H])c([2H])c4[2H])c([2H])c3[2H])c3c([2H])c4c(oc5c([2H])c([2H])c([2H])c(-c6c([2H])c([2H])c([2H])c([2H])c6[2H])c54)c4c([2H])c([2H])c([2H])c([2H])c34)c([2H])c2[2H])c([2H])c1[2H]. The van der Waals surface area contributed by atoms with E-state index in [9.17, 15) is 16.4 Å². The van der Waals surface area contributed by atoms with Gasteiger partial charge in [0.25, 0.3) is 0 Å². The molecule has 0 saturated heterocycles. The van der Waals surface area contributed by atoms with Crippen molar-refractivity contribution in [2.45, 2.75) is 0 Å². The van der Waals surface area contributed by atoms with E-state index in [1.807, 2.05) is 0 Å². The molecular weight excluding hydrogens is 583 g/mol. The number of nitrogens with zero attached hydrogens (tertiary/aromatic N) is 1. The highest BCUT2D eigenvalue weighted by atomic mass is 16.3. The van der Waals surface area contributed by atoms with Crippen LogP contribution in [0.5, 0.6) is 0 Å². The van der Waals surface area contributed by atoms with E-state index in [1.54, 1.807) is 0 Å². The van der Waals surface area contributed by atoms with Crippen LogP contribution >= 0.6 is 0 Å². The Kier molecular flexibility index (Phi) is 2.59. The zero-order chi connectivity index (χ0) is 58.8. The minimum Gasteiger partial charge on any atom is -0.455 e. The maximum atomic E-state index is 10.2. The minimum atomic E-state index is -1.31. The molecule has 48 heavy (non-hydrogen) atoms. The molecule has 0 aliphatic carbocycles. The van der Waals surface area contributed by atoms with Crippen LogP contribution in [0.2, 0.25) is 0 Å². The molecule has 0 N–H and O–H groups in total. The van der Waals surface area contributed by atoms with Crippen molar-refractivity contribution in [3.8, 4) is 33.4 Å². The van der Waals surface area contributed by atoms with Crippen molar-refractivity contribution in [2.75, 3.05) is 4.90 Å². The summed E-state index contributed by atoms with van der Waals surface area (Å²) in [6.07, 6.45) is 0. The molecule has 2 nitrogen and oxygen atoms in total. The van der Waals surface area contributed by atoms with Gasteiger partial charge in [0.2, 0.25) is 0 Å². The first-order valence-corrected chi connectivity index (χ1v) is 13.8. The van der Waals surface area contributed by atoms with E-state index in [2.05, 4.69) is 0 Å². The third kappa shape index (κ3) is 4.83. The molecule has 0 atom stereocenters. The molecule has 9 aromatic rings. The molecule has 0 aliphatic rings. The molecule has 0 amide bonds. The second-order valence-electron chi connectivity index (χ2n) is 9.77. The van der Waals surface area contributed by atoms with E-state index >= 15 is 0 Å². The number of anilines is 3. The highest BCUT2D eigenvalue weighted by Crippen LogP contribution is 2.46. The molecule has 0 fully saturated rings. The van der Waals surface area contributed by atoms with Gasteiger partial charge in [-0.15, -0.1) is 0 Å². The van der Waals surface area contributed by atoms with Crippen LogP contribution in [0.3, 0.4) is 0 Å². The summed E-state index contributed by atoms with van der Waals surface area (Å²) in [5.41, 5.74) is -10.1. The fourth-order valence-corrected chi connectivity index (χ4v) is 5.01. The van der Waals surface area contributed by atoms with Crippen LogP contribution in [0.4, 0.5) is 17.1 Å². The third-order valence-corrected chi connectivity index (χ3v) is 7.06. The Balaban J connectivity index is 1.60. The second-order valence-corrected chi connectivity index (χ2v) is 9.77. The van der Waals surface area contributed by atoms with Crippen molar-refractivity contribution in [1.29, 1.82) is 0 Å². The van der Waals surface area contributed by atoms with Gasteiger partial charge in [0.15, 0.2) is 0 Å². The Morgan fingerprint density at radius 2 is 0.875 bits per heavy atom. The van der Waals surface area contributed by atoms with E-state index in [0.29, 0.717) is 4.90 Å².